The lowest BCUT2D eigenvalue weighted by atomic mass is 10.2. The van der Waals surface area contributed by atoms with Gasteiger partial charge in [-0.05, 0) is 30.7 Å². The third kappa shape index (κ3) is 4.43. The molecule has 20 heavy (non-hydrogen) atoms. The van der Waals surface area contributed by atoms with Crippen LogP contribution in [0.25, 0.3) is 0 Å². The molecule has 1 aromatic carbocycles. The minimum atomic E-state index is -1.16. The van der Waals surface area contributed by atoms with Gasteiger partial charge in [-0.1, -0.05) is 29.8 Å². The van der Waals surface area contributed by atoms with E-state index < -0.39 is 18.2 Å². The van der Waals surface area contributed by atoms with Crippen molar-refractivity contribution in [3.05, 3.63) is 40.4 Å². The summed E-state index contributed by atoms with van der Waals surface area (Å²) in [4.78, 5) is 23.1. The van der Waals surface area contributed by atoms with Gasteiger partial charge in [0.25, 0.3) is 0 Å². The first-order valence-electron chi connectivity index (χ1n) is 5.51. The second-order valence-corrected chi connectivity index (χ2v) is 4.72. The minimum Gasteiger partial charge on any atom is -0.466 e. The van der Waals surface area contributed by atoms with Gasteiger partial charge in [0.1, 0.15) is 0 Å². The fraction of sp³-hybridized carbons (Fsp3) is 0.231. The van der Waals surface area contributed by atoms with E-state index >= 15 is 0 Å². The highest BCUT2D eigenvalue weighted by Crippen LogP contribution is 2.25. The molecule has 1 rings (SSSR count). The summed E-state index contributed by atoms with van der Waals surface area (Å²) in [5, 5.41) is 3.07. The van der Waals surface area contributed by atoms with Crippen LogP contribution in [0.3, 0.4) is 0 Å². The van der Waals surface area contributed by atoms with E-state index in [1.165, 1.54) is 19.2 Å². The molecule has 0 spiro atoms. The van der Waals surface area contributed by atoms with E-state index in [4.69, 9.17) is 27.9 Å². The maximum Gasteiger partial charge on any atom is 0.412 e. The van der Waals surface area contributed by atoms with Crippen molar-refractivity contribution in [2.75, 3.05) is 12.4 Å². The Balaban J connectivity index is 2.73. The lowest BCUT2D eigenvalue weighted by Crippen LogP contribution is -2.31. The average Bonchev–Trinajstić information content (AvgIpc) is 2.39. The molecule has 0 heterocycles. The van der Waals surface area contributed by atoms with Gasteiger partial charge >= 0.3 is 12.1 Å². The van der Waals surface area contributed by atoms with Crippen molar-refractivity contribution < 1.29 is 19.1 Å². The molecule has 0 radical (unpaired) electrons. The molecule has 0 fully saturated rings. The second-order valence-electron chi connectivity index (χ2n) is 3.91. The molecule has 1 N–H and O–H groups in total. The molecule has 1 amide bonds. The number of anilines is 1. The summed E-state index contributed by atoms with van der Waals surface area (Å²) < 4.78 is 9.45. The number of benzene rings is 1. The van der Waals surface area contributed by atoms with E-state index in [-0.39, 0.29) is 5.02 Å². The Morgan fingerprint density at radius 2 is 1.95 bits per heavy atom. The normalized spacial score (nSPS) is 11.4. The van der Waals surface area contributed by atoms with Crippen LogP contribution in [0.4, 0.5) is 10.5 Å². The van der Waals surface area contributed by atoms with Gasteiger partial charge in [-0.3, -0.25) is 5.32 Å². The van der Waals surface area contributed by atoms with Gasteiger partial charge < -0.3 is 9.47 Å². The number of carbonyl (C=O) groups excluding carboxylic acids is 2. The Morgan fingerprint density at radius 1 is 1.30 bits per heavy atom. The van der Waals surface area contributed by atoms with E-state index in [0.717, 1.165) is 0 Å². The first-order valence-corrected chi connectivity index (χ1v) is 6.26. The number of ether oxygens (including phenoxy) is 2. The van der Waals surface area contributed by atoms with Gasteiger partial charge in [0, 0.05) is 5.69 Å². The van der Waals surface area contributed by atoms with Crippen molar-refractivity contribution in [2.24, 2.45) is 0 Å². The van der Waals surface area contributed by atoms with Gasteiger partial charge in [0.15, 0.2) is 0 Å². The number of carbonyl (C=O) groups is 2. The lowest BCUT2D eigenvalue weighted by Gasteiger charge is -2.16. The van der Waals surface area contributed by atoms with E-state index in [1.807, 2.05) is 0 Å². The molecule has 0 aliphatic rings. The van der Waals surface area contributed by atoms with Crippen molar-refractivity contribution in [2.45, 2.75) is 13.0 Å². The Kier molecular flexibility index (Phi) is 5.85. The van der Waals surface area contributed by atoms with Gasteiger partial charge in [-0.15, -0.1) is 0 Å². The van der Waals surface area contributed by atoms with Gasteiger partial charge in [0.2, 0.25) is 6.10 Å². The van der Waals surface area contributed by atoms with Crippen LogP contribution in [0.2, 0.25) is 10.0 Å². The summed E-state index contributed by atoms with van der Waals surface area (Å²) in [6.45, 7) is 5.12. The third-order valence-electron chi connectivity index (χ3n) is 2.25. The molecule has 0 aliphatic heterocycles. The quantitative estimate of drug-likeness (QED) is 0.680. The molecule has 0 aliphatic carbocycles. The predicted molar refractivity (Wildman–Crippen MR) is 77.2 cm³/mol. The zero-order valence-electron chi connectivity index (χ0n) is 10.9. The first kappa shape index (κ1) is 16.3. The van der Waals surface area contributed by atoms with E-state index in [2.05, 4.69) is 16.6 Å². The Bertz CT molecular complexity index is 545. The average molecular weight is 318 g/mol. The summed E-state index contributed by atoms with van der Waals surface area (Å²) in [7, 11) is 1.19. The third-order valence-corrected chi connectivity index (χ3v) is 2.99. The van der Waals surface area contributed by atoms with Crippen molar-refractivity contribution in [1.82, 2.24) is 0 Å². The van der Waals surface area contributed by atoms with Crippen LogP contribution < -0.4 is 5.32 Å². The Morgan fingerprint density at radius 3 is 2.45 bits per heavy atom. The number of hydrogen-bond donors (Lipinski definition) is 1. The molecule has 5 nitrogen and oxygen atoms in total. The monoisotopic (exact) mass is 317 g/mol. The number of methoxy groups -OCH3 is 1. The highest BCUT2D eigenvalue weighted by molar-refractivity contribution is 6.42. The van der Waals surface area contributed by atoms with Crippen LogP contribution in [0, 0.1) is 0 Å². The first-order chi connectivity index (χ1) is 9.35. The summed E-state index contributed by atoms with van der Waals surface area (Å²) in [6.07, 6.45) is -2.00. The maximum absolute atomic E-state index is 11.7. The second kappa shape index (κ2) is 7.17. The number of rotatable bonds is 4. The molecular weight excluding hydrogens is 305 g/mol. The molecule has 0 bridgehead atoms. The van der Waals surface area contributed by atoms with Crippen molar-refractivity contribution in [1.29, 1.82) is 0 Å². The lowest BCUT2D eigenvalue weighted by molar-refractivity contribution is -0.148. The van der Waals surface area contributed by atoms with Crippen LogP contribution in [0.15, 0.2) is 30.4 Å². The summed E-state index contributed by atoms with van der Waals surface area (Å²) in [5.41, 5.74) is 0.732. The standard InChI is InChI=1S/C13H13Cl2NO4/c1-7(2)11(12(17)19-3)20-13(18)16-8-4-5-9(14)10(15)6-8/h4-6,11H,1H2,2-3H3,(H,16,18). The SMILES string of the molecule is C=C(C)C(OC(=O)Nc1ccc(Cl)c(Cl)c1)C(=O)OC. The molecule has 1 atom stereocenters. The maximum atomic E-state index is 11.7. The van der Waals surface area contributed by atoms with E-state index in [1.54, 1.807) is 13.0 Å². The number of amides is 1. The van der Waals surface area contributed by atoms with Crippen LogP contribution in [-0.4, -0.2) is 25.3 Å². The van der Waals surface area contributed by atoms with Gasteiger partial charge in [-0.25, -0.2) is 9.59 Å². The summed E-state index contributed by atoms with van der Waals surface area (Å²) in [6, 6.07) is 4.53. The fourth-order valence-electron chi connectivity index (χ4n) is 1.29. The minimum absolute atomic E-state index is 0.286. The van der Waals surface area contributed by atoms with Gasteiger partial charge in [-0.2, -0.15) is 0 Å². The highest BCUT2D eigenvalue weighted by atomic mass is 35.5. The topological polar surface area (TPSA) is 64.6 Å². The number of nitrogens with one attached hydrogen (secondary N) is 1. The summed E-state index contributed by atoms with van der Waals surface area (Å²) in [5.74, 6) is -0.707. The molecule has 0 saturated carbocycles. The van der Waals surface area contributed by atoms with Crippen molar-refractivity contribution in [3.63, 3.8) is 0 Å². The molecule has 108 valence electrons. The van der Waals surface area contributed by atoms with Crippen LogP contribution >= 0.6 is 23.2 Å². The zero-order valence-corrected chi connectivity index (χ0v) is 12.4. The zero-order chi connectivity index (χ0) is 15.3. The highest BCUT2D eigenvalue weighted by Gasteiger charge is 2.24. The van der Waals surface area contributed by atoms with Gasteiger partial charge in [0.05, 0.1) is 17.2 Å². The molecule has 1 aromatic rings. The van der Waals surface area contributed by atoms with Crippen LogP contribution in [-0.2, 0) is 14.3 Å². The largest absolute Gasteiger partial charge is 0.466 e. The number of hydrogen-bond acceptors (Lipinski definition) is 4. The van der Waals surface area contributed by atoms with Crippen LogP contribution in [0.5, 0.6) is 0 Å². The van der Waals surface area contributed by atoms with Crippen molar-refractivity contribution in [3.8, 4) is 0 Å². The smallest absolute Gasteiger partial charge is 0.412 e. The Labute approximate surface area is 126 Å². The molecular formula is C13H13Cl2NO4. The molecule has 1 unspecified atom stereocenters. The van der Waals surface area contributed by atoms with Crippen LogP contribution in [0.1, 0.15) is 6.92 Å². The van der Waals surface area contributed by atoms with Crippen molar-refractivity contribution >= 4 is 41.0 Å². The Hall–Kier alpha value is -1.72. The number of esters is 1. The number of halogens is 2. The predicted octanol–water partition coefficient (Wildman–Crippen LogP) is 3.66. The van der Waals surface area contributed by atoms with E-state index in [0.29, 0.717) is 16.3 Å². The molecule has 7 heteroatoms. The van der Waals surface area contributed by atoms with E-state index in [9.17, 15) is 9.59 Å². The molecule has 0 aromatic heterocycles. The molecule has 0 saturated heterocycles. The summed E-state index contributed by atoms with van der Waals surface area (Å²) >= 11 is 11.6. The fourth-order valence-corrected chi connectivity index (χ4v) is 1.58.